The van der Waals surface area contributed by atoms with Gasteiger partial charge in [0, 0.05) is 18.1 Å². The number of para-hydroxylation sites is 2. The van der Waals surface area contributed by atoms with Crippen molar-refractivity contribution in [2.75, 3.05) is 11.1 Å². The van der Waals surface area contributed by atoms with Gasteiger partial charge in [0.15, 0.2) is 0 Å². The van der Waals surface area contributed by atoms with E-state index in [0.717, 1.165) is 22.3 Å². The van der Waals surface area contributed by atoms with Crippen LogP contribution in [-0.4, -0.2) is 26.6 Å². The van der Waals surface area contributed by atoms with E-state index in [9.17, 15) is 4.79 Å². The summed E-state index contributed by atoms with van der Waals surface area (Å²) in [4.78, 5) is 23.2. The summed E-state index contributed by atoms with van der Waals surface area (Å²) in [7, 11) is 0. The number of H-pyrrole nitrogens is 1. The molecule has 0 fully saturated rings. The van der Waals surface area contributed by atoms with Crippen molar-refractivity contribution in [2.24, 2.45) is 0 Å². The zero-order valence-corrected chi connectivity index (χ0v) is 12.1. The molecule has 2 aromatic heterocycles. The fraction of sp³-hybridized carbons (Fsp3) is 0.133. The number of amides is 1. The standard InChI is InChI=1S/C15H14N4OS/c20-14(10-21-9-11-5-7-16-8-6-11)19-15-17-12-3-1-2-4-13(12)18-15/h1-8H,9-10H2,(H2,17,18,19,20). The number of hydrogen-bond acceptors (Lipinski definition) is 4. The van der Waals surface area contributed by atoms with Gasteiger partial charge in [0.25, 0.3) is 0 Å². The molecule has 6 heteroatoms. The van der Waals surface area contributed by atoms with E-state index in [1.807, 2.05) is 36.4 Å². The van der Waals surface area contributed by atoms with Crippen molar-refractivity contribution in [2.45, 2.75) is 5.75 Å². The maximum atomic E-state index is 11.9. The van der Waals surface area contributed by atoms with Crippen molar-refractivity contribution >= 4 is 34.7 Å². The van der Waals surface area contributed by atoms with E-state index >= 15 is 0 Å². The van der Waals surface area contributed by atoms with E-state index in [0.29, 0.717) is 11.7 Å². The number of nitrogens with zero attached hydrogens (tertiary/aromatic N) is 2. The molecular formula is C15H14N4OS. The lowest BCUT2D eigenvalue weighted by atomic mass is 10.3. The minimum Gasteiger partial charge on any atom is -0.324 e. The van der Waals surface area contributed by atoms with Gasteiger partial charge in [-0.2, -0.15) is 0 Å². The van der Waals surface area contributed by atoms with Gasteiger partial charge >= 0.3 is 0 Å². The molecule has 0 aliphatic carbocycles. The molecule has 0 spiro atoms. The molecule has 2 heterocycles. The maximum absolute atomic E-state index is 11.9. The summed E-state index contributed by atoms with van der Waals surface area (Å²) in [6, 6.07) is 11.6. The first-order chi connectivity index (χ1) is 10.3. The third-order valence-electron chi connectivity index (χ3n) is 2.90. The number of aromatic amines is 1. The molecule has 0 bridgehead atoms. The van der Waals surface area contributed by atoms with Crippen molar-refractivity contribution in [1.82, 2.24) is 15.0 Å². The Morgan fingerprint density at radius 1 is 1.19 bits per heavy atom. The van der Waals surface area contributed by atoms with Gasteiger partial charge in [0.2, 0.25) is 11.9 Å². The summed E-state index contributed by atoms with van der Waals surface area (Å²) in [6.45, 7) is 0. The Kier molecular flexibility index (Phi) is 4.16. The Bertz CT molecular complexity index is 709. The van der Waals surface area contributed by atoms with Crippen molar-refractivity contribution in [1.29, 1.82) is 0 Å². The molecule has 3 aromatic rings. The molecule has 1 amide bonds. The number of pyridine rings is 1. The molecule has 5 nitrogen and oxygen atoms in total. The molecule has 21 heavy (non-hydrogen) atoms. The highest BCUT2D eigenvalue weighted by Gasteiger charge is 2.06. The first-order valence-corrected chi connectivity index (χ1v) is 7.68. The Morgan fingerprint density at radius 3 is 2.81 bits per heavy atom. The van der Waals surface area contributed by atoms with E-state index < -0.39 is 0 Å². The third kappa shape index (κ3) is 3.61. The molecule has 1 aromatic carbocycles. The zero-order chi connectivity index (χ0) is 14.5. The Hall–Kier alpha value is -2.34. The highest BCUT2D eigenvalue weighted by molar-refractivity contribution is 7.99. The second-order valence-corrected chi connectivity index (χ2v) is 5.48. The maximum Gasteiger partial charge on any atom is 0.236 e. The fourth-order valence-electron chi connectivity index (χ4n) is 1.92. The SMILES string of the molecule is O=C(CSCc1ccncc1)Nc1nc2ccccc2[nH]1. The van der Waals surface area contributed by atoms with Crippen LogP contribution in [0.4, 0.5) is 5.95 Å². The predicted octanol–water partition coefficient (Wildman–Crippen LogP) is 2.83. The van der Waals surface area contributed by atoms with Gasteiger partial charge in [-0.3, -0.25) is 15.1 Å². The van der Waals surface area contributed by atoms with Crippen LogP contribution in [0, 0.1) is 0 Å². The largest absolute Gasteiger partial charge is 0.324 e. The average molecular weight is 298 g/mol. The van der Waals surface area contributed by atoms with Gasteiger partial charge in [-0.05, 0) is 29.8 Å². The molecule has 0 saturated heterocycles. The number of carbonyl (C=O) groups is 1. The second-order valence-electron chi connectivity index (χ2n) is 4.50. The number of hydrogen-bond donors (Lipinski definition) is 2. The number of carbonyl (C=O) groups excluding carboxylic acids is 1. The number of benzene rings is 1. The normalized spacial score (nSPS) is 10.7. The Labute approximate surface area is 126 Å². The summed E-state index contributed by atoms with van der Waals surface area (Å²) >= 11 is 1.56. The van der Waals surface area contributed by atoms with Crippen molar-refractivity contribution in [3.63, 3.8) is 0 Å². The summed E-state index contributed by atoms with van der Waals surface area (Å²) in [5.74, 6) is 1.61. The van der Waals surface area contributed by atoms with Gasteiger partial charge in [0.05, 0.1) is 16.8 Å². The molecule has 0 aliphatic heterocycles. The number of nitrogens with one attached hydrogen (secondary N) is 2. The zero-order valence-electron chi connectivity index (χ0n) is 11.2. The van der Waals surface area contributed by atoms with E-state index in [1.54, 1.807) is 24.2 Å². The van der Waals surface area contributed by atoms with Crippen LogP contribution in [-0.2, 0) is 10.5 Å². The summed E-state index contributed by atoms with van der Waals surface area (Å²) < 4.78 is 0. The molecule has 0 radical (unpaired) electrons. The topological polar surface area (TPSA) is 70.7 Å². The molecular weight excluding hydrogens is 284 g/mol. The van der Waals surface area contributed by atoms with Gasteiger partial charge in [-0.15, -0.1) is 11.8 Å². The van der Waals surface area contributed by atoms with Crippen LogP contribution in [0.25, 0.3) is 11.0 Å². The second kappa shape index (κ2) is 6.41. The number of fused-ring (bicyclic) bond motifs is 1. The minimum atomic E-state index is -0.0619. The Balaban J connectivity index is 1.52. The average Bonchev–Trinajstić information content (AvgIpc) is 2.90. The van der Waals surface area contributed by atoms with Crippen molar-refractivity contribution in [3.8, 4) is 0 Å². The monoisotopic (exact) mass is 298 g/mol. The van der Waals surface area contributed by atoms with Crippen molar-refractivity contribution in [3.05, 3.63) is 54.4 Å². The van der Waals surface area contributed by atoms with Gasteiger partial charge in [-0.1, -0.05) is 12.1 Å². The number of imidazole rings is 1. The molecule has 0 unspecified atom stereocenters. The van der Waals surface area contributed by atoms with Crippen molar-refractivity contribution < 1.29 is 4.79 Å². The third-order valence-corrected chi connectivity index (χ3v) is 3.90. The van der Waals surface area contributed by atoms with Crippen LogP contribution in [0.1, 0.15) is 5.56 Å². The molecule has 106 valence electrons. The quantitative estimate of drug-likeness (QED) is 0.760. The van der Waals surface area contributed by atoms with Gasteiger partial charge in [-0.25, -0.2) is 4.98 Å². The van der Waals surface area contributed by atoms with Gasteiger partial charge in [0.1, 0.15) is 0 Å². The number of aromatic nitrogens is 3. The molecule has 2 N–H and O–H groups in total. The summed E-state index contributed by atoms with van der Waals surface area (Å²) in [5, 5.41) is 2.78. The van der Waals surface area contributed by atoms with Crippen LogP contribution in [0.5, 0.6) is 0 Å². The first kappa shape index (κ1) is 13.6. The lowest BCUT2D eigenvalue weighted by molar-refractivity contribution is -0.113. The molecule has 0 aliphatic rings. The van der Waals surface area contributed by atoms with E-state index in [-0.39, 0.29) is 5.91 Å². The highest BCUT2D eigenvalue weighted by Crippen LogP contribution is 2.14. The van der Waals surface area contributed by atoms with Crippen LogP contribution in [0.2, 0.25) is 0 Å². The minimum absolute atomic E-state index is 0.0619. The lowest BCUT2D eigenvalue weighted by Crippen LogP contribution is -2.15. The highest BCUT2D eigenvalue weighted by atomic mass is 32.2. The summed E-state index contributed by atoms with van der Waals surface area (Å²) in [5.41, 5.74) is 2.92. The molecule has 0 atom stereocenters. The molecule has 3 rings (SSSR count). The van der Waals surface area contributed by atoms with Crippen LogP contribution in [0.15, 0.2) is 48.8 Å². The van der Waals surface area contributed by atoms with E-state index in [1.165, 1.54) is 0 Å². The number of thioether (sulfide) groups is 1. The summed E-state index contributed by atoms with van der Waals surface area (Å²) in [6.07, 6.45) is 3.51. The lowest BCUT2D eigenvalue weighted by Gasteiger charge is -2.02. The van der Waals surface area contributed by atoms with Crippen LogP contribution < -0.4 is 5.32 Å². The smallest absolute Gasteiger partial charge is 0.236 e. The van der Waals surface area contributed by atoms with Gasteiger partial charge < -0.3 is 4.98 Å². The fourth-order valence-corrected chi connectivity index (χ4v) is 2.71. The first-order valence-electron chi connectivity index (χ1n) is 6.52. The van der Waals surface area contributed by atoms with E-state index in [4.69, 9.17) is 0 Å². The number of anilines is 1. The van der Waals surface area contributed by atoms with Crippen LogP contribution in [0.3, 0.4) is 0 Å². The number of rotatable bonds is 5. The molecule has 0 saturated carbocycles. The Morgan fingerprint density at radius 2 is 2.00 bits per heavy atom. The predicted molar refractivity (Wildman–Crippen MR) is 85.1 cm³/mol. The van der Waals surface area contributed by atoms with Crippen LogP contribution >= 0.6 is 11.8 Å². The van der Waals surface area contributed by atoms with E-state index in [2.05, 4.69) is 20.3 Å².